The Kier molecular flexibility index (Phi) is 2.42. The molecule has 5 nitrogen and oxygen atoms in total. The zero-order valence-electron chi connectivity index (χ0n) is 7.14. The van der Waals surface area contributed by atoms with E-state index in [0.29, 0.717) is 0 Å². The van der Waals surface area contributed by atoms with Gasteiger partial charge in [-0.25, -0.2) is 4.79 Å². The fraction of sp³-hybridized carbons (Fsp3) is 0.571. The molecule has 0 aliphatic carbocycles. The number of hydrogen-bond donors (Lipinski definition) is 1. The van der Waals surface area contributed by atoms with Gasteiger partial charge in [0.05, 0.1) is 5.21 Å². The van der Waals surface area contributed by atoms with E-state index in [4.69, 9.17) is 5.11 Å². The number of rotatable bonds is 3. The van der Waals surface area contributed by atoms with E-state index in [2.05, 4.69) is 5.21 Å². The first-order valence-corrected chi connectivity index (χ1v) is 3.76. The Hall–Kier alpha value is -1.39. The van der Waals surface area contributed by atoms with Crippen LogP contribution in [-0.4, -0.2) is 21.0 Å². The predicted octanol–water partition coefficient (Wildman–Crippen LogP) is -0.164. The molecule has 1 aromatic rings. The van der Waals surface area contributed by atoms with Crippen LogP contribution in [0.1, 0.15) is 19.9 Å². The van der Waals surface area contributed by atoms with Crippen LogP contribution >= 0.6 is 0 Å². The molecule has 0 unspecified atom stereocenters. The van der Waals surface area contributed by atoms with Crippen LogP contribution < -0.4 is 4.68 Å². The van der Waals surface area contributed by atoms with Crippen molar-refractivity contribution >= 4 is 5.97 Å². The molecule has 0 saturated heterocycles. The molecule has 0 saturated carbocycles. The van der Waals surface area contributed by atoms with E-state index in [9.17, 15) is 4.79 Å². The molecule has 0 amide bonds. The van der Waals surface area contributed by atoms with Gasteiger partial charge in [0.15, 0.2) is 12.4 Å². The van der Waals surface area contributed by atoms with E-state index in [0.717, 1.165) is 0 Å². The molecule has 66 valence electrons. The molecule has 5 heteroatoms. The highest BCUT2D eigenvalue weighted by atomic mass is 16.4. The van der Waals surface area contributed by atoms with Gasteiger partial charge in [0, 0.05) is 0 Å². The molecule has 1 heterocycles. The molecule has 0 aliphatic rings. The number of nitrogens with zero attached hydrogens (tertiary/aromatic N) is 3. The van der Waals surface area contributed by atoms with Crippen molar-refractivity contribution in [2.24, 2.45) is 0 Å². The van der Waals surface area contributed by atoms with Gasteiger partial charge in [-0.05, 0) is 13.8 Å². The minimum Gasteiger partial charge on any atom is -0.478 e. The highest BCUT2D eigenvalue weighted by Crippen LogP contribution is 1.96. The summed E-state index contributed by atoms with van der Waals surface area (Å²) in [7, 11) is 0. The molecule has 1 aromatic heterocycles. The lowest BCUT2D eigenvalue weighted by Crippen LogP contribution is -2.40. The van der Waals surface area contributed by atoms with E-state index in [1.807, 2.05) is 13.8 Å². The lowest BCUT2D eigenvalue weighted by atomic mass is 10.4. The zero-order chi connectivity index (χ0) is 9.14. The normalized spacial score (nSPS) is 10.6. The summed E-state index contributed by atoms with van der Waals surface area (Å²) in [6.07, 6.45) is 3.40. The van der Waals surface area contributed by atoms with Crippen LogP contribution in [0.4, 0.5) is 0 Å². The van der Waals surface area contributed by atoms with Gasteiger partial charge in [-0.1, -0.05) is 0 Å². The van der Waals surface area contributed by atoms with Gasteiger partial charge in [-0.3, -0.25) is 0 Å². The van der Waals surface area contributed by atoms with E-state index in [1.54, 1.807) is 17.1 Å². The number of aromatic nitrogens is 3. The molecule has 0 fully saturated rings. The quantitative estimate of drug-likeness (QED) is 0.641. The number of carboxylic acid groups (broad SMARTS) is 1. The lowest BCUT2D eigenvalue weighted by Gasteiger charge is -1.93. The maximum absolute atomic E-state index is 10.3. The van der Waals surface area contributed by atoms with Gasteiger partial charge in [0.2, 0.25) is 6.54 Å². The summed E-state index contributed by atoms with van der Waals surface area (Å²) in [6, 6.07) is 0.264. The topological polar surface area (TPSA) is 59.0 Å². The van der Waals surface area contributed by atoms with Crippen LogP contribution in [0, 0.1) is 0 Å². The third kappa shape index (κ3) is 2.05. The van der Waals surface area contributed by atoms with Gasteiger partial charge in [0.1, 0.15) is 6.04 Å². The summed E-state index contributed by atoms with van der Waals surface area (Å²) in [6.45, 7) is 3.88. The van der Waals surface area contributed by atoms with E-state index in [-0.39, 0.29) is 12.6 Å². The Balaban J connectivity index is 2.70. The zero-order valence-corrected chi connectivity index (χ0v) is 7.14. The predicted molar refractivity (Wildman–Crippen MR) is 40.4 cm³/mol. The highest BCUT2D eigenvalue weighted by Gasteiger charge is 2.11. The van der Waals surface area contributed by atoms with Gasteiger partial charge in [0.25, 0.3) is 0 Å². The fourth-order valence-electron chi connectivity index (χ4n) is 0.836. The summed E-state index contributed by atoms with van der Waals surface area (Å²) in [5, 5.41) is 12.4. The number of carboxylic acids is 1. The van der Waals surface area contributed by atoms with Crippen molar-refractivity contribution in [2.45, 2.75) is 26.4 Å². The molecule has 0 bridgehead atoms. The third-order valence-corrected chi connectivity index (χ3v) is 1.44. The second kappa shape index (κ2) is 3.34. The van der Waals surface area contributed by atoms with Crippen LogP contribution in [0.5, 0.6) is 0 Å². The minimum atomic E-state index is -0.881. The Morgan fingerprint density at radius 3 is 2.83 bits per heavy atom. The van der Waals surface area contributed by atoms with Crippen molar-refractivity contribution < 1.29 is 14.6 Å². The van der Waals surface area contributed by atoms with Crippen LogP contribution in [0.2, 0.25) is 0 Å². The Bertz CT molecular complexity index is 280. The Morgan fingerprint density at radius 1 is 1.75 bits per heavy atom. The molecule has 1 rings (SSSR count). The van der Waals surface area contributed by atoms with Gasteiger partial charge in [-0.15, -0.1) is 9.36 Å². The molecule has 0 radical (unpaired) electrons. The maximum atomic E-state index is 10.3. The average Bonchev–Trinajstić information content (AvgIpc) is 2.34. The van der Waals surface area contributed by atoms with Crippen LogP contribution in [0.3, 0.4) is 0 Å². The van der Waals surface area contributed by atoms with E-state index >= 15 is 0 Å². The van der Waals surface area contributed by atoms with Gasteiger partial charge < -0.3 is 5.11 Å². The molecule has 12 heavy (non-hydrogen) atoms. The minimum absolute atomic E-state index is 0.0836. The smallest absolute Gasteiger partial charge is 0.348 e. The SMILES string of the molecule is CC(C)n1cc[n+](CC(=O)O)n1. The van der Waals surface area contributed by atoms with Crippen molar-refractivity contribution in [1.29, 1.82) is 0 Å². The Morgan fingerprint density at radius 2 is 2.42 bits per heavy atom. The lowest BCUT2D eigenvalue weighted by molar-refractivity contribution is -0.745. The largest absolute Gasteiger partial charge is 0.478 e. The number of aliphatic carboxylic acids is 1. The summed E-state index contributed by atoms with van der Waals surface area (Å²) in [4.78, 5) is 10.3. The number of hydrogen-bond acceptors (Lipinski definition) is 2. The maximum Gasteiger partial charge on any atom is 0.348 e. The van der Waals surface area contributed by atoms with Crippen LogP contribution in [-0.2, 0) is 11.3 Å². The van der Waals surface area contributed by atoms with Crippen LogP contribution in [0.25, 0.3) is 0 Å². The third-order valence-electron chi connectivity index (χ3n) is 1.44. The molecule has 0 aliphatic heterocycles. The first-order valence-electron chi connectivity index (χ1n) is 3.76. The monoisotopic (exact) mass is 170 g/mol. The fourth-order valence-corrected chi connectivity index (χ4v) is 0.836. The average molecular weight is 170 g/mol. The summed E-state index contributed by atoms with van der Waals surface area (Å²) < 4.78 is 3.10. The van der Waals surface area contributed by atoms with Crippen molar-refractivity contribution in [2.75, 3.05) is 0 Å². The van der Waals surface area contributed by atoms with Crippen molar-refractivity contribution in [1.82, 2.24) is 9.90 Å². The first kappa shape index (κ1) is 8.70. The molecular formula is C7H12N3O2+. The highest BCUT2D eigenvalue weighted by molar-refractivity contribution is 5.64. The van der Waals surface area contributed by atoms with Crippen molar-refractivity contribution in [3.63, 3.8) is 0 Å². The van der Waals surface area contributed by atoms with Gasteiger partial charge in [-0.2, -0.15) is 0 Å². The molecule has 0 atom stereocenters. The second-order valence-corrected chi connectivity index (χ2v) is 2.85. The summed E-state index contributed by atoms with van der Waals surface area (Å²) >= 11 is 0. The molecule has 0 aromatic carbocycles. The molecule has 1 N–H and O–H groups in total. The van der Waals surface area contributed by atoms with E-state index in [1.165, 1.54) is 4.68 Å². The second-order valence-electron chi connectivity index (χ2n) is 2.85. The Labute approximate surface area is 70.2 Å². The summed E-state index contributed by atoms with van der Waals surface area (Å²) in [5.74, 6) is -0.881. The molecule has 0 spiro atoms. The van der Waals surface area contributed by atoms with Crippen molar-refractivity contribution in [3.8, 4) is 0 Å². The van der Waals surface area contributed by atoms with E-state index < -0.39 is 5.97 Å². The van der Waals surface area contributed by atoms with Crippen LogP contribution in [0.15, 0.2) is 12.4 Å². The van der Waals surface area contributed by atoms with Gasteiger partial charge >= 0.3 is 5.97 Å². The molecular weight excluding hydrogens is 158 g/mol. The standard InChI is InChI=1S/C7H11N3O2/c1-6(2)10-4-3-9(8-10)5-7(11)12/h3-4,6H,5H2,1-2H3/p+1. The first-order chi connectivity index (χ1) is 5.59. The number of carbonyl (C=O) groups is 1. The van der Waals surface area contributed by atoms with Crippen molar-refractivity contribution in [3.05, 3.63) is 12.4 Å². The summed E-state index contributed by atoms with van der Waals surface area (Å²) in [5.41, 5.74) is 0.